The Morgan fingerprint density at radius 1 is 1.05 bits per heavy atom. The van der Waals surface area contributed by atoms with Crippen LogP contribution in [0.4, 0.5) is 5.69 Å². The molecule has 100 valence electrons. The molecule has 0 N–H and O–H groups in total. The summed E-state index contributed by atoms with van der Waals surface area (Å²) < 4.78 is 5.28. The van der Waals surface area contributed by atoms with Crippen molar-refractivity contribution >= 4 is 11.7 Å². The van der Waals surface area contributed by atoms with Gasteiger partial charge in [0.05, 0.1) is 0 Å². The minimum absolute atomic E-state index is 0.294. The zero-order valence-electron chi connectivity index (χ0n) is 11.4. The summed E-state index contributed by atoms with van der Waals surface area (Å²) in [4.78, 5) is 14.9. The van der Waals surface area contributed by atoms with Crippen molar-refractivity contribution in [3.8, 4) is 0 Å². The maximum Gasteiger partial charge on any atom is 0.304 e. The van der Waals surface area contributed by atoms with Gasteiger partial charge in [0.1, 0.15) is 0 Å². The highest BCUT2D eigenvalue weighted by Gasteiger charge is 2.27. The van der Waals surface area contributed by atoms with Crippen molar-refractivity contribution < 1.29 is 9.53 Å². The molecule has 0 unspecified atom stereocenters. The van der Waals surface area contributed by atoms with E-state index in [1.54, 1.807) is 0 Å². The monoisotopic (exact) mass is 258 g/mol. The number of esters is 1. The van der Waals surface area contributed by atoms with Crippen LogP contribution >= 0.6 is 0 Å². The number of para-hydroxylation sites is 1. The molecule has 0 aromatic heterocycles. The van der Waals surface area contributed by atoms with Gasteiger partial charge in [0.2, 0.25) is 0 Å². The lowest BCUT2D eigenvalue weighted by Gasteiger charge is -2.36. The molecule has 0 bridgehead atoms. The molecule has 1 heterocycles. The molecule has 4 heteroatoms. The van der Waals surface area contributed by atoms with Gasteiger partial charge in [-0.1, -0.05) is 18.2 Å². The van der Waals surface area contributed by atoms with Gasteiger partial charge in [-0.3, -0.25) is 4.79 Å². The van der Waals surface area contributed by atoms with Crippen LogP contribution in [-0.2, 0) is 9.53 Å². The maximum atomic E-state index is 11.1. The molecule has 0 fully saturated rings. The fourth-order valence-electron chi connectivity index (χ4n) is 1.92. The molecule has 1 aliphatic rings. The fourth-order valence-corrected chi connectivity index (χ4v) is 1.92. The predicted octanol–water partition coefficient (Wildman–Crippen LogP) is 3.05. The number of ether oxygens (including phenoxy) is 1. The highest BCUT2D eigenvalue weighted by molar-refractivity contribution is 5.66. The fraction of sp³-hybridized carbons (Fsp3) is 0.267. The third-order valence-electron chi connectivity index (χ3n) is 2.85. The van der Waals surface area contributed by atoms with Gasteiger partial charge < -0.3 is 14.5 Å². The number of anilines is 1. The summed E-state index contributed by atoms with van der Waals surface area (Å²) in [7, 11) is 0. The molecule has 19 heavy (non-hydrogen) atoms. The van der Waals surface area contributed by atoms with Gasteiger partial charge in [0, 0.05) is 37.4 Å². The normalized spacial score (nSPS) is 14.7. The minimum atomic E-state index is -0.693. The summed E-state index contributed by atoms with van der Waals surface area (Å²) in [6, 6.07) is 10.0. The highest BCUT2D eigenvalue weighted by Crippen LogP contribution is 2.23. The second kappa shape index (κ2) is 5.18. The van der Waals surface area contributed by atoms with Crippen LogP contribution in [0.5, 0.6) is 0 Å². The van der Waals surface area contributed by atoms with Crippen molar-refractivity contribution in [3.05, 3.63) is 55.1 Å². The van der Waals surface area contributed by atoms with Crippen molar-refractivity contribution in [2.24, 2.45) is 0 Å². The van der Waals surface area contributed by atoms with E-state index in [9.17, 15) is 4.79 Å². The molecular formula is C15H18N2O2. The standard InChI is InChI=1S/C15H18N2O2/c1-13(18)19-15(2,3)17-11-9-16(10-12-17)14-7-5-4-6-8-14/h4-12H,1-3H3. The van der Waals surface area contributed by atoms with Crippen LogP contribution in [-0.4, -0.2) is 16.6 Å². The number of hydrogen-bond acceptors (Lipinski definition) is 4. The first-order chi connectivity index (χ1) is 8.99. The van der Waals surface area contributed by atoms with E-state index in [0.717, 1.165) is 5.69 Å². The van der Waals surface area contributed by atoms with Crippen molar-refractivity contribution in [1.82, 2.24) is 4.90 Å². The van der Waals surface area contributed by atoms with E-state index < -0.39 is 5.72 Å². The SMILES string of the molecule is CC(=O)OC(C)(C)N1C=CN(c2ccccc2)C=C1. The second-order valence-corrected chi connectivity index (χ2v) is 4.79. The highest BCUT2D eigenvalue weighted by atomic mass is 16.6. The van der Waals surface area contributed by atoms with E-state index in [1.807, 2.05) is 78.8 Å². The largest absolute Gasteiger partial charge is 0.439 e. The van der Waals surface area contributed by atoms with E-state index in [1.165, 1.54) is 6.92 Å². The maximum absolute atomic E-state index is 11.1. The number of carbonyl (C=O) groups excluding carboxylic acids is 1. The van der Waals surface area contributed by atoms with Crippen LogP contribution in [0.1, 0.15) is 20.8 Å². The molecule has 0 radical (unpaired) electrons. The van der Waals surface area contributed by atoms with E-state index >= 15 is 0 Å². The Morgan fingerprint density at radius 3 is 2.16 bits per heavy atom. The van der Waals surface area contributed by atoms with Crippen LogP contribution in [0.15, 0.2) is 55.1 Å². The summed E-state index contributed by atoms with van der Waals surface area (Å²) in [6.45, 7) is 5.11. The number of rotatable bonds is 3. The molecule has 4 nitrogen and oxygen atoms in total. The van der Waals surface area contributed by atoms with Gasteiger partial charge in [0.15, 0.2) is 5.72 Å². The first kappa shape index (κ1) is 13.2. The van der Waals surface area contributed by atoms with Crippen LogP contribution in [0.25, 0.3) is 0 Å². The molecule has 0 spiro atoms. The van der Waals surface area contributed by atoms with Gasteiger partial charge in [-0.2, -0.15) is 0 Å². The third-order valence-corrected chi connectivity index (χ3v) is 2.85. The van der Waals surface area contributed by atoms with Crippen LogP contribution < -0.4 is 4.90 Å². The quantitative estimate of drug-likeness (QED) is 0.780. The molecule has 2 rings (SSSR count). The van der Waals surface area contributed by atoms with Gasteiger partial charge in [-0.05, 0) is 26.0 Å². The Morgan fingerprint density at radius 2 is 1.63 bits per heavy atom. The summed E-state index contributed by atoms with van der Waals surface area (Å²) in [5, 5.41) is 0. The average molecular weight is 258 g/mol. The zero-order chi connectivity index (χ0) is 13.9. The summed E-state index contributed by atoms with van der Waals surface area (Å²) >= 11 is 0. The van der Waals surface area contributed by atoms with E-state index in [4.69, 9.17) is 4.74 Å². The summed E-state index contributed by atoms with van der Waals surface area (Å²) in [5.74, 6) is -0.294. The lowest BCUT2D eigenvalue weighted by molar-refractivity contribution is -0.165. The predicted molar refractivity (Wildman–Crippen MR) is 74.9 cm³/mol. The summed E-state index contributed by atoms with van der Waals surface area (Å²) in [6.07, 6.45) is 7.63. The van der Waals surface area contributed by atoms with Gasteiger partial charge in [-0.15, -0.1) is 0 Å². The van der Waals surface area contributed by atoms with Crippen molar-refractivity contribution in [2.45, 2.75) is 26.5 Å². The molecule has 0 saturated heterocycles. The minimum Gasteiger partial charge on any atom is -0.439 e. The molecule has 0 aliphatic carbocycles. The van der Waals surface area contributed by atoms with E-state index in [0.29, 0.717) is 0 Å². The lowest BCUT2D eigenvalue weighted by Crippen LogP contribution is -2.42. The van der Waals surface area contributed by atoms with Gasteiger partial charge >= 0.3 is 5.97 Å². The Bertz CT molecular complexity index is 492. The molecule has 1 aromatic carbocycles. The van der Waals surface area contributed by atoms with Gasteiger partial charge in [0.25, 0.3) is 0 Å². The topological polar surface area (TPSA) is 32.8 Å². The van der Waals surface area contributed by atoms with Gasteiger partial charge in [-0.25, -0.2) is 0 Å². The first-order valence-corrected chi connectivity index (χ1v) is 6.17. The van der Waals surface area contributed by atoms with Crippen LogP contribution in [0, 0.1) is 0 Å². The molecule has 0 saturated carbocycles. The second-order valence-electron chi connectivity index (χ2n) is 4.79. The number of nitrogens with zero attached hydrogens (tertiary/aromatic N) is 2. The zero-order valence-corrected chi connectivity index (χ0v) is 11.4. The van der Waals surface area contributed by atoms with Crippen LogP contribution in [0.2, 0.25) is 0 Å². The molecule has 0 atom stereocenters. The molecular weight excluding hydrogens is 240 g/mol. The average Bonchev–Trinajstić information content (AvgIpc) is 2.38. The Kier molecular flexibility index (Phi) is 3.60. The first-order valence-electron chi connectivity index (χ1n) is 6.17. The molecule has 0 amide bonds. The third kappa shape index (κ3) is 3.16. The smallest absolute Gasteiger partial charge is 0.304 e. The number of carbonyl (C=O) groups is 1. The Labute approximate surface area is 113 Å². The van der Waals surface area contributed by atoms with Crippen LogP contribution in [0.3, 0.4) is 0 Å². The number of hydrogen-bond donors (Lipinski definition) is 0. The number of benzene rings is 1. The van der Waals surface area contributed by atoms with Crippen molar-refractivity contribution in [1.29, 1.82) is 0 Å². The molecule has 1 aliphatic heterocycles. The lowest BCUT2D eigenvalue weighted by atomic mass is 10.2. The Balaban J connectivity index is 2.09. The van der Waals surface area contributed by atoms with Crippen molar-refractivity contribution in [2.75, 3.05) is 4.90 Å². The van der Waals surface area contributed by atoms with E-state index in [2.05, 4.69) is 0 Å². The summed E-state index contributed by atoms with van der Waals surface area (Å²) in [5.41, 5.74) is 0.390. The molecule has 1 aromatic rings. The van der Waals surface area contributed by atoms with E-state index in [-0.39, 0.29) is 5.97 Å². The Hall–Kier alpha value is -2.23. The van der Waals surface area contributed by atoms with Crippen molar-refractivity contribution in [3.63, 3.8) is 0 Å².